The smallest absolute Gasteiger partial charge is 0.259 e. The molecule has 0 aliphatic carbocycles. The number of pyridine rings is 1. The summed E-state index contributed by atoms with van der Waals surface area (Å²) >= 11 is 6.00. The van der Waals surface area contributed by atoms with Crippen LogP contribution in [0, 0.1) is 12.7 Å². The van der Waals surface area contributed by atoms with E-state index in [1.165, 1.54) is 12.1 Å². The van der Waals surface area contributed by atoms with Crippen LogP contribution in [0.1, 0.15) is 27.7 Å². The van der Waals surface area contributed by atoms with E-state index in [1.54, 1.807) is 30.0 Å². The highest BCUT2D eigenvalue weighted by Crippen LogP contribution is 2.30. The molecule has 0 radical (unpaired) electrons. The number of rotatable bonds is 3. The van der Waals surface area contributed by atoms with Gasteiger partial charge >= 0.3 is 0 Å². The molecule has 4 aromatic rings. The lowest BCUT2D eigenvalue weighted by atomic mass is 10.0. The monoisotopic (exact) mass is 451 g/mol. The fraction of sp³-hybridized carbons (Fsp3) is 0.208. The molecule has 1 atom stereocenters. The van der Waals surface area contributed by atoms with Crippen LogP contribution in [0.5, 0.6) is 0 Å². The standard InChI is InChI=1S/C24H19ClFN3O3/c1-14-22-19(12-20(27-23(22)32-28-14)15-4-8-18(26)9-5-15)24(30)29-10-11-31-21(13-29)16-2-6-17(25)7-3-16/h2-9,12,21H,10-11,13H2,1H3. The number of hydrogen-bond donors (Lipinski definition) is 0. The second-order valence-corrected chi connectivity index (χ2v) is 8.11. The van der Waals surface area contributed by atoms with Crippen molar-refractivity contribution in [1.82, 2.24) is 15.0 Å². The Morgan fingerprint density at radius 2 is 1.91 bits per heavy atom. The molecular weight excluding hydrogens is 433 g/mol. The van der Waals surface area contributed by atoms with Gasteiger partial charge in [-0.3, -0.25) is 4.79 Å². The molecule has 6 nitrogen and oxygen atoms in total. The molecule has 32 heavy (non-hydrogen) atoms. The molecule has 0 N–H and O–H groups in total. The summed E-state index contributed by atoms with van der Waals surface area (Å²) in [5.41, 5.74) is 3.46. The number of aryl methyl sites for hydroxylation is 1. The van der Waals surface area contributed by atoms with Gasteiger partial charge in [0.1, 0.15) is 11.9 Å². The van der Waals surface area contributed by atoms with Gasteiger partial charge < -0.3 is 14.2 Å². The number of benzene rings is 2. The SMILES string of the molecule is Cc1noc2nc(-c3ccc(F)cc3)cc(C(=O)N3CCOC(c4ccc(Cl)cc4)C3)c12. The van der Waals surface area contributed by atoms with Crippen molar-refractivity contribution in [3.63, 3.8) is 0 Å². The van der Waals surface area contributed by atoms with E-state index in [4.69, 9.17) is 20.9 Å². The quantitative estimate of drug-likeness (QED) is 0.428. The Bertz CT molecular complexity index is 1290. The lowest BCUT2D eigenvalue weighted by Crippen LogP contribution is -2.42. The minimum Gasteiger partial charge on any atom is -0.370 e. The van der Waals surface area contributed by atoms with Crippen molar-refractivity contribution in [2.24, 2.45) is 0 Å². The van der Waals surface area contributed by atoms with Crippen LogP contribution in [0.15, 0.2) is 59.1 Å². The Labute approximate surface area is 188 Å². The maximum absolute atomic E-state index is 13.6. The van der Waals surface area contributed by atoms with E-state index in [0.29, 0.717) is 52.6 Å². The molecule has 0 saturated carbocycles. The van der Waals surface area contributed by atoms with Crippen LogP contribution in [0.25, 0.3) is 22.4 Å². The van der Waals surface area contributed by atoms with Crippen molar-refractivity contribution in [3.8, 4) is 11.3 Å². The Kier molecular flexibility index (Phi) is 5.36. The molecule has 5 rings (SSSR count). The highest BCUT2D eigenvalue weighted by Gasteiger charge is 2.29. The summed E-state index contributed by atoms with van der Waals surface area (Å²) in [7, 11) is 0. The van der Waals surface area contributed by atoms with E-state index in [0.717, 1.165) is 5.56 Å². The third kappa shape index (κ3) is 3.85. The van der Waals surface area contributed by atoms with E-state index < -0.39 is 0 Å². The van der Waals surface area contributed by atoms with Crippen molar-refractivity contribution in [2.75, 3.05) is 19.7 Å². The lowest BCUT2D eigenvalue weighted by molar-refractivity contribution is -0.0227. The van der Waals surface area contributed by atoms with Crippen LogP contribution in [-0.2, 0) is 4.74 Å². The summed E-state index contributed by atoms with van der Waals surface area (Å²) in [6.07, 6.45) is -0.248. The van der Waals surface area contributed by atoms with Crippen molar-refractivity contribution in [2.45, 2.75) is 13.0 Å². The second-order valence-electron chi connectivity index (χ2n) is 7.67. The Balaban J connectivity index is 1.51. The predicted molar refractivity (Wildman–Crippen MR) is 118 cm³/mol. The number of morpholine rings is 1. The highest BCUT2D eigenvalue weighted by molar-refractivity contribution is 6.30. The molecule has 0 spiro atoms. The third-order valence-corrected chi connectivity index (χ3v) is 5.83. The Morgan fingerprint density at radius 3 is 2.66 bits per heavy atom. The van der Waals surface area contributed by atoms with Gasteiger partial charge in [-0.2, -0.15) is 0 Å². The molecule has 1 fully saturated rings. The van der Waals surface area contributed by atoms with Gasteiger partial charge in [-0.25, -0.2) is 9.37 Å². The largest absolute Gasteiger partial charge is 0.370 e. The number of fused-ring (bicyclic) bond motifs is 1. The third-order valence-electron chi connectivity index (χ3n) is 5.58. The maximum Gasteiger partial charge on any atom is 0.259 e. The van der Waals surface area contributed by atoms with Gasteiger partial charge in [0.2, 0.25) is 0 Å². The molecular formula is C24H19ClFN3O3. The first kappa shape index (κ1) is 20.6. The molecule has 162 valence electrons. The second kappa shape index (κ2) is 8.33. The minimum atomic E-state index is -0.344. The molecule has 8 heteroatoms. The lowest BCUT2D eigenvalue weighted by Gasteiger charge is -2.33. The number of carbonyl (C=O) groups excluding carboxylic acids is 1. The van der Waals surface area contributed by atoms with Gasteiger partial charge in [0.15, 0.2) is 0 Å². The average molecular weight is 452 g/mol. The van der Waals surface area contributed by atoms with Crippen LogP contribution < -0.4 is 0 Å². The van der Waals surface area contributed by atoms with E-state index in [2.05, 4.69) is 10.1 Å². The molecule has 0 bridgehead atoms. The van der Waals surface area contributed by atoms with Crippen molar-refractivity contribution < 1.29 is 18.4 Å². The summed E-state index contributed by atoms with van der Waals surface area (Å²) in [6, 6.07) is 15.1. The topological polar surface area (TPSA) is 68.5 Å². The number of aromatic nitrogens is 2. The van der Waals surface area contributed by atoms with Crippen LogP contribution in [0.3, 0.4) is 0 Å². The van der Waals surface area contributed by atoms with E-state index in [9.17, 15) is 9.18 Å². The van der Waals surface area contributed by atoms with Crippen LogP contribution in [-0.4, -0.2) is 40.6 Å². The molecule has 1 saturated heterocycles. The summed E-state index contributed by atoms with van der Waals surface area (Å²) in [5, 5.41) is 5.22. The van der Waals surface area contributed by atoms with Crippen LogP contribution in [0.2, 0.25) is 5.02 Å². The first-order valence-corrected chi connectivity index (χ1v) is 10.6. The van der Waals surface area contributed by atoms with E-state index in [-0.39, 0.29) is 23.5 Å². The molecule has 2 aromatic heterocycles. The number of hydrogen-bond acceptors (Lipinski definition) is 5. The van der Waals surface area contributed by atoms with E-state index in [1.807, 2.05) is 24.3 Å². The zero-order valence-electron chi connectivity index (χ0n) is 17.2. The molecule has 1 unspecified atom stereocenters. The molecule has 3 heterocycles. The summed E-state index contributed by atoms with van der Waals surface area (Å²) in [5.74, 6) is -0.502. The fourth-order valence-electron chi connectivity index (χ4n) is 3.92. The molecule has 1 amide bonds. The van der Waals surface area contributed by atoms with Crippen molar-refractivity contribution in [3.05, 3.63) is 82.3 Å². The normalized spacial score (nSPS) is 16.5. The van der Waals surface area contributed by atoms with Gasteiger partial charge in [-0.05, 0) is 55.0 Å². The first-order valence-electron chi connectivity index (χ1n) is 10.2. The summed E-state index contributed by atoms with van der Waals surface area (Å²) in [4.78, 5) is 19.9. The van der Waals surface area contributed by atoms with Crippen LogP contribution in [0.4, 0.5) is 4.39 Å². The molecule has 1 aliphatic rings. The predicted octanol–water partition coefficient (Wildman–Crippen LogP) is 5.20. The van der Waals surface area contributed by atoms with E-state index >= 15 is 0 Å². The van der Waals surface area contributed by atoms with Gasteiger partial charge in [0.25, 0.3) is 11.6 Å². The highest BCUT2D eigenvalue weighted by atomic mass is 35.5. The number of nitrogens with zero attached hydrogens (tertiary/aromatic N) is 3. The summed E-state index contributed by atoms with van der Waals surface area (Å²) in [6.45, 7) is 3.06. The van der Waals surface area contributed by atoms with Crippen molar-refractivity contribution in [1.29, 1.82) is 0 Å². The number of amides is 1. The Morgan fingerprint density at radius 1 is 1.16 bits per heavy atom. The average Bonchev–Trinajstić information content (AvgIpc) is 3.20. The first-order chi connectivity index (χ1) is 15.5. The zero-order chi connectivity index (χ0) is 22.2. The number of halogens is 2. The van der Waals surface area contributed by atoms with Gasteiger partial charge in [-0.1, -0.05) is 28.9 Å². The van der Waals surface area contributed by atoms with Crippen molar-refractivity contribution >= 4 is 28.6 Å². The number of carbonyl (C=O) groups is 1. The zero-order valence-corrected chi connectivity index (χ0v) is 18.0. The maximum atomic E-state index is 13.6. The van der Waals surface area contributed by atoms with Gasteiger partial charge in [0.05, 0.1) is 35.5 Å². The number of ether oxygens (including phenoxy) is 1. The molecule has 2 aromatic carbocycles. The Hall–Kier alpha value is -3.29. The van der Waals surface area contributed by atoms with Crippen LogP contribution >= 0.6 is 11.6 Å². The minimum absolute atomic E-state index is 0.158. The molecule has 1 aliphatic heterocycles. The van der Waals surface area contributed by atoms with Gasteiger partial charge in [-0.15, -0.1) is 0 Å². The van der Waals surface area contributed by atoms with Gasteiger partial charge in [0, 0.05) is 17.1 Å². The fourth-order valence-corrected chi connectivity index (χ4v) is 4.04. The summed E-state index contributed by atoms with van der Waals surface area (Å²) < 4.78 is 24.7.